The van der Waals surface area contributed by atoms with Gasteiger partial charge < -0.3 is 9.64 Å². The summed E-state index contributed by atoms with van der Waals surface area (Å²) < 4.78 is 5.01. The second kappa shape index (κ2) is 9.51. The lowest BCUT2D eigenvalue weighted by molar-refractivity contribution is -0.151. The lowest BCUT2D eigenvalue weighted by Gasteiger charge is -2.33. The van der Waals surface area contributed by atoms with Gasteiger partial charge in [0.15, 0.2) is 6.61 Å². The van der Waals surface area contributed by atoms with E-state index in [-0.39, 0.29) is 18.6 Å². The maximum Gasteiger partial charge on any atom is 0.303 e. The highest BCUT2D eigenvalue weighted by Gasteiger charge is 2.27. The zero-order chi connectivity index (χ0) is 19.8. The van der Waals surface area contributed by atoms with Gasteiger partial charge in [0.05, 0.1) is 6.04 Å². The van der Waals surface area contributed by atoms with Gasteiger partial charge in [0.25, 0.3) is 5.91 Å². The fraction of sp³-hybridized carbons (Fsp3) is 0.167. The van der Waals surface area contributed by atoms with E-state index in [2.05, 4.69) is 0 Å². The fourth-order valence-electron chi connectivity index (χ4n) is 3.17. The Morgan fingerprint density at radius 3 is 1.71 bits per heavy atom. The minimum atomic E-state index is -0.469. The molecule has 28 heavy (non-hydrogen) atoms. The van der Waals surface area contributed by atoms with E-state index in [1.807, 2.05) is 91.0 Å². The highest BCUT2D eigenvalue weighted by atomic mass is 16.5. The lowest BCUT2D eigenvalue weighted by Crippen LogP contribution is -2.38. The molecule has 0 unspecified atom stereocenters. The third-order valence-electron chi connectivity index (χ3n) is 4.46. The highest BCUT2D eigenvalue weighted by Crippen LogP contribution is 2.30. The second-order valence-electron chi connectivity index (χ2n) is 6.51. The van der Waals surface area contributed by atoms with Gasteiger partial charge in [-0.1, -0.05) is 91.0 Å². The number of amides is 1. The molecule has 0 radical (unpaired) electrons. The van der Waals surface area contributed by atoms with Gasteiger partial charge in [-0.2, -0.15) is 0 Å². The molecular weight excluding hydrogens is 350 g/mol. The summed E-state index contributed by atoms with van der Waals surface area (Å²) in [4.78, 5) is 26.1. The number of benzene rings is 3. The van der Waals surface area contributed by atoms with Gasteiger partial charge in [-0.3, -0.25) is 9.59 Å². The van der Waals surface area contributed by atoms with E-state index in [9.17, 15) is 9.59 Å². The van der Waals surface area contributed by atoms with Crippen LogP contribution in [0.3, 0.4) is 0 Å². The lowest BCUT2D eigenvalue weighted by atomic mass is 9.96. The summed E-state index contributed by atoms with van der Waals surface area (Å²) >= 11 is 0. The first-order valence-electron chi connectivity index (χ1n) is 9.22. The number of hydrogen-bond acceptors (Lipinski definition) is 3. The molecule has 0 fully saturated rings. The summed E-state index contributed by atoms with van der Waals surface area (Å²) in [6.45, 7) is 1.44. The zero-order valence-electron chi connectivity index (χ0n) is 15.8. The van der Waals surface area contributed by atoms with Crippen molar-refractivity contribution in [3.8, 4) is 0 Å². The molecule has 0 N–H and O–H groups in total. The zero-order valence-corrected chi connectivity index (χ0v) is 15.8. The molecule has 3 aromatic carbocycles. The molecule has 3 rings (SSSR count). The molecule has 4 heteroatoms. The van der Waals surface area contributed by atoms with Crippen LogP contribution in [0.1, 0.15) is 29.7 Å². The molecule has 1 amide bonds. The molecule has 142 valence electrons. The predicted octanol–water partition coefficient (Wildman–Crippen LogP) is 4.37. The van der Waals surface area contributed by atoms with Gasteiger partial charge >= 0.3 is 5.97 Å². The van der Waals surface area contributed by atoms with Crippen molar-refractivity contribution in [2.24, 2.45) is 0 Å². The van der Waals surface area contributed by atoms with Crippen molar-refractivity contribution >= 4 is 11.9 Å². The Morgan fingerprint density at radius 1 is 0.786 bits per heavy atom. The number of carbonyl (C=O) groups excluding carboxylic acids is 2. The molecule has 4 nitrogen and oxygen atoms in total. The maximum atomic E-state index is 13.1. The van der Waals surface area contributed by atoms with E-state index in [4.69, 9.17) is 4.74 Å². The fourth-order valence-corrected chi connectivity index (χ4v) is 3.17. The molecule has 0 saturated carbocycles. The predicted molar refractivity (Wildman–Crippen MR) is 108 cm³/mol. The maximum absolute atomic E-state index is 13.1. The highest BCUT2D eigenvalue weighted by molar-refractivity contribution is 5.81. The van der Waals surface area contributed by atoms with Crippen molar-refractivity contribution in [1.29, 1.82) is 0 Å². The molecule has 3 aromatic rings. The summed E-state index contributed by atoms with van der Waals surface area (Å²) in [6.07, 6.45) is 0. The van der Waals surface area contributed by atoms with Crippen molar-refractivity contribution in [2.45, 2.75) is 19.5 Å². The summed E-state index contributed by atoms with van der Waals surface area (Å²) in [5.41, 5.74) is 3.01. The Labute approximate surface area is 165 Å². The van der Waals surface area contributed by atoms with Crippen LogP contribution in [0.25, 0.3) is 0 Å². The van der Waals surface area contributed by atoms with Crippen LogP contribution < -0.4 is 0 Å². The van der Waals surface area contributed by atoms with Crippen molar-refractivity contribution in [3.05, 3.63) is 108 Å². The Balaban J connectivity index is 2.02. The van der Waals surface area contributed by atoms with Crippen LogP contribution in [0.2, 0.25) is 0 Å². The van der Waals surface area contributed by atoms with Gasteiger partial charge in [-0.05, 0) is 16.7 Å². The molecule has 0 aliphatic carbocycles. The Morgan fingerprint density at radius 2 is 1.25 bits per heavy atom. The van der Waals surface area contributed by atoms with E-state index < -0.39 is 5.97 Å². The second-order valence-corrected chi connectivity index (χ2v) is 6.51. The number of carbonyl (C=O) groups is 2. The van der Waals surface area contributed by atoms with E-state index in [0.717, 1.165) is 16.7 Å². The molecule has 0 aliphatic heterocycles. The van der Waals surface area contributed by atoms with Crippen LogP contribution in [-0.2, 0) is 20.9 Å². The molecule has 0 spiro atoms. The molecule has 0 aromatic heterocycles. The summed E-state index contributed by atoms with van der Waals surface area (Å²) in [5, 5.41) is 0. The van der Waals surface area contributed by atoms with Crippen molar-refractivity contribution < 1.29 is 14.3 Å². The molecule has 0 heterocycles. The molecule has 0 bridgehead atoms. The Kier molecular flexibility index (Phi) is 6.58. The first-order valence-corrected chi connectivity index (χ1v) is 9.22. The van der Waals surface area contributed by atoms with Gasteiger partial charge in [0, 0.05) is 13.5 Å². The minimum Gasteiger partial charge on any atom is -0.456 e. The van der Waals surface area contributed by atoms with Crippen LogP contribution in [0.5, 0.6) is 0 Å². The number of hydrogen-bond donors (Lipinski definition) is 0. The van der Waals surface area contributed by atoms with Crippen LogP contribution >= 0.6 is 0 Å². The molecule has 0 aliphatic rings. The van der Waals surface area contributed by atoms with Crippen LogP contribution in [0.4, 0.5) is 0 Å². The SMILES string of the molecule is CC(=O)OCC(=O)N(Cc1ccccc1)C(c1ccccc1)c1ccccc1. The molecule has 0 saturated heterocycles. The quantitative estimate of drug-likeness (QED) is 0.578. The third kappa shape index (κ3) is 5.07. The van der Waals surface area contributed by atoms with Gasteiger partial charge in [-0.15, -0.1) is 0 Å². The third-order valence-corrected chi connectivity index (χ3v) is 4.46. The molecular formula is C24H23NO3. The van der Waals surface area contributed by atoms with E-state index in [1.165, 1.54) is 6.92 Å². The standard InChI is InChI=1S/C24H23NO3/c1-19(26)28-18-23(27)25(17-20-11-5-2-6-12-20)24(21-13-7-3-8-14-21)22-15-9-4-10-16-22/h2-16,24H,17-18H2,1H3. The average molecular weight is 373 g/mol. The van der Waals surface area contributed by atoms with Gasteiger partial charge in [0.1, 0.15) is 0 Å². The van der Waals surface area contributed by atoms with Crippen molar-refractivity contribution in [3.63, 3.8) is 0 Å². The van der Waals surface area contributed by atoms with Crippen LogP contribution in [0.15, 0.2) is 91.0 Å². The largest absolute Gasteiger partial charge is 0.456 e. The normalized spacial score (nSPS) is 10.5. The first kappa shape index (κ1) is 19.4. The number of ether oxygens (including phenoxy) is 1. The van der Waals surface area contributed by atoms with E-state index in [0.29, 0.717) is 6.54 Å². The minimum absolute atomic E-state index is 0.239. The smallest absolute Gasteiger partial charge is 0.303 e. The number of rotatable bonds is 7. The number of esters is 1. The van der Waals surface area contributed by atoms with Crippen molar-refractivity contribution in [2.75, 3.05) is 6.61 Å². The summed E-state index contributed by atoms with van der Waals surface area (Å²) in [7, 11) is 0. The van der Waals surface area contributed by atoms with E-state index in [1.54, 1.807) is 4.90 Å². The van der Waals surface area contributed by atoms with Gasteiger partial charge in [0.2, 0.25) is 0 Å². The Bertz CT molecular complexity index is 855. The molecule has 0 atom stereocenters. The topological polar surface area (TPSA) is 46.6 Å². The number of nitrogens with zero attached hydrogens (tertiary/aromatic N) is 1. The van der Waals surface area contributed by atoms with Gasteiger partial charge in [-0.25, -0.2) is 0 Å². The van der Waals surface area contributed by atoms with E-state index >= 15 is 0 Å². The van der Waals surface area contributed by atoms with Crippen molar-refractivity contribution in [1.82, 2.24) is 4.90 Å². The monoisotopic (exact) mass is 373 g/mol. The van der Waals surface area contributed by atoms with Crippen LogP contribution in [-0.4, -0.2) is 23.4 Å². The summed E-state index contributed by atoms with van der Waals surface area (Å²) in [5.74, 6) is -0.708. The summed E-state index contributed by atoms with van der Waals surface area (Å²) in [6, 6.07) is 29.3. The first-order chi connectivity index (χ1) is 13.6. The Hall–Kier alpha value is -3.40. The average Bonchev–Trinajstić information content (AvgIpc) is 2.74. The van der Waals surface area contributed by atoms with Crippen LogP contribution in [0, 0.1) is 0 Å².